The van der Waals surface area contributed by atoms with Crippen molar-refractivity contribution < 1.29 is 55.0 Å². The summed E-state index contributed by atoms with van der Waals surface area (Å²) in [5, 5.41) is 2.84. The molecular formula is C35H39F6N3O6. The van der Waals surface area contributed by atoms with E-state index in [2.05, 4.69) is 5.32 Å². The van der Waals surface area contributed by atoms with Crippen molar-refractivity contribution in [3.05, 3.63) is 70.8 Å². The van der Waals surface area contributed by atoms with Crippen LogP contribution in [0.2, 0.25) is 0 Å². The number of ether oxygens (including phenoxy) is 2. The minimum Gasteiger partial charge on any atom is -0.433 e. The zero-order valence-electron chi connectivity index (χ0n) is 27.8. The summed E-state index contributed by atoms with van der Waals surface area (Å²) in [6.45, 7) is 4.36. The highest BCUT2D eigenvalue weighted by Gasteiger charge is 2.48. The highest BCUT2D eigenvalue weighted by Crippen LogP contribution is 2.40. The number of hydrogen-bond acceptors (Lipinski definition) is 6. The largest absolute Gasteiger partial charge is 0.433 e. The van der Waals surface area contributed by atoms with Gasteiger partial charge in [-0.3, -0.25) is 14.4 Å². The van der Waals surface area contributed by atoms with Gasteiger partial charge in [-0.25, -0.2) is 9.69 Å². The first-order chi connectivity index (χ1) is 23.3. The maximum Gasteiger partial charge on any atom is 0.418 e. The molecule has 5 rings (SSSR count). The predicted molar refractivity (Wildman–Crippen MR) is 166 cm³/mol. The van der Waals surface area contributed by atoms with Gasteiger partial charge in [-0.2, -0.15) is 26.3 Å². The molecule has 0 aromatic heterocycles. The average Bonchev–Trinajstić information content (AvgIpc) is 3.25. The predicted octanol–water partition coefficient (Wildman–Crippen LogP) is 6.62. The van der Waals surface area contributed by atoms with E-state index in [0.717, 1.165) is 10.5 Å². The van der Waals surface area contributed by atoms with E-state index in [1.165, 1.54) is 20.8 Å². The standard InChI is InChI=1S/C35H39F6N3O6/c1-20(23-15-24(34(36,37)38)17-25(16-23)35(39,40)41)49-28-13-14-43(18-27(28)21-7-5-4-6-8-21)30(46)22-9-11-26(12-10-22)42-29(45)19-44-31(47)33(2,3)50-32(44)48/h4-8,15-17,20,22,26-28H,9-14,18-19H2,1-3H3,(H,42,45)/t20-,22-,26-,27+,28+/m1/s1. The fraction of sp³-hybridized carbons (Fsp3) is 0.543. The molecule has 2 saturated heterocycles. The van der Waals surface area contributed by atoms with Crippen LogP contribution in [0, 0.1) is 5.92 Å². The first-order valence-corrected chi connectivity index (χ1v) is 16.5. The Kier molecular flexibility index (Phi) is 10.6. The van der Waals surface area contributed by atoms with E-state index in [0.29, 0.717) is 44.2 Å². The molecule has 1 N–H and O–H groups in total. The summed E-state index contributed by atoms with van der Waals surface area (Å²) in [6.07, 6.45) is -10.3. The summed E-state index contributed by atoms with van der Waals surface area (Å²) in [4.78, 5) is 53.2. The van der Waals surface area contributed by atoms with Gasteiger partial charge in [-0.05, 0) is 82.2 Å². The zero-order valence-corrected chi connectivity index (χ0v) is 27.8. The van der Waals surface area contributed by atoms with Crippen LogP contribution in [0.5, 0.6) is 0 Å². The minimum absolute atomic E-state index is 0.0810. The fourth-order valence-electron chi connectivity index (χ4n) is 6.89. The average molecular weight is 712 g/mol. The second kappa shape index (κ2) is 14.2. The van der Waals surface area contributed by atoms with Gasteiger partial charge in [0.05, 0.1) is 23.3 Å². The Hall–Kier alpha value is -4.14. The van der Waals surface area contributed by atoms with Crippen LogP contribution in [-0.4, -0.2) is 71.0 Å². The van der Waals surface area contributed by atoms with Gasteiger partial charge >= 0.3 is 18.4 Å². The quantitative estimate of drug-likeness (QED) is 0.309. The van der Waals surface area contributed by atoms with Crippen LogP contribution in [0.25, 0.3) is 0 Å². The number of imide groups is 1. The van der Waals surface area contributed by atoms with E-state index < -0.39 is 71.7 Å². The smallest absolute Gasteiger partial charge is 0.418 e. The molecule has 1 saturated carbocycles. The number of likely N-dealkylation sites (tertiary alicyclic amines) is 1. The molecule has 1 aliphatic carbocycles. The van der Waals surface area contributed by atoms with Gasteiger partial charge in [0.1, 0.15) is 6.54 Å². The lowest BCUT2D eigenvalue weighted by Gasteiger charge is -2.42. The van der Waals surface area contributed by atoms with E-state index >= 15 is 0 Å². The molecule has 0 radical (unpaired) electrons. The molecule has 4 amide bonds. The van der Waals surface area contributed by atoms with Crippen molar-refractivity contribution in [1.82, 2.24) is 15.1 Å². The van der Waals surface area contributed by atoms with Crippen molar-refractivity contribution in [3.63, 3.8) is 0 Å². The third-order valence-corrected chi connectivity index (χ3v) is 9.61. The highest BCUT2D eigenvalue weighted by atomic mass is 19.4. The summed E-state index contributed by atoms with van der Waals surface area (Å²) in [7, 11) is 0. The van der Waals surface area contributed by atoms with E-state index in [1.54, 1.807) is 17.0 Å². The lowest BCUT2D eigenvalue weighted by Crippen LogP contribution is -2.49. The van der Waals surface area contributed by atoms with Gasteiger partial charge < -0.3 is 19.7 Å². The Morgan fingerprint density at radius 3 is 2.08 bits per heavy atom. The first-order valence-electron chi connectivity index (χ1n) is 16.5. The molecule has 2 aromatic carbocycles. The monoisotopic (exact) mass is 711 g/mol. The third kappa shape index (κ3) is 8.41. The number of hydrogen-bond donors (Lipinski definition) is 1. The Morgan fingerprint density at radius 2 is 1.54 bits per heavy atom. The Labute approximate surface area is 285 Å². The summed E-state index contributed by atoms with van der Waals surface area (Å²) in [5.74, 6) is -1.91. The van der Waals surface area contributed by atoms with Crippen LogP contribution in [-0.2, 0) is 36.2 Å². The van der Waals surface area contributed by atoms with Crippen LogP contribution < -0.4 is 5.32 Å². The number of rotatable bonds is 8. The summed E-state index contributed by atoms with van der Waals surface area (Å²) in [6, 6.07) is 10.3. The van der Waals surface area contributed by atoms with Crippen LogP contribution in [0.4, 0.5) is 31.1 Å². The number of piperidine rings is 1. The van der Waals surface area contributed by atoms with E-state index in [9.17, 15) is 45.5 Å². The molecule has 3 aliphatic rings. The number of benzene rings is 2. The van der Waals surface area contributed by atoms with Gasteiger partial charge in [0, 0.05) is 31.0 Å². The molecule has 2 aliphatic heterocycles. The molecular weight excluding hydrogens is 672 g/mol. The van der Waals surface area contributed by atoms with Crippen LogP contribution in [0.3, 0.4) is 0 Å². The van der Waals surface area contributed by atoms with Gasteiger partial charge in [-0.15, -0.1) is 0 Å². The Bertz CT molecular complexity index is 1560. The lowest BCUT2D eigenvalue weighted by atomic mass is 9.83. The topological polar surface area (TPSA) is 105 Å². The number of amides is 4. The molecule has 9 nitrogen and oxygen atoms in total. The molecule has 15 heteroatoms. The number of carbonyl (C=O) groups is 4. The number of cyclic esters (lactones) is 1. The maximum atomic E-state index is 13.7. The van der Waals surface area contributed by atoms with Crippen molar-refractivity contribution in [1.29, 1.82) is 0 Å². The zero-order chi connectivity index (χ0) is 36.6. The molecule has 0 unspecified atom stereocenters. The molecule has 0 bridgehead atoms. The summed E-state index contributed by atoms with van der Waals surface area (Å²) < 4.78 is 92.3. The van der Waals surface area contributed by atoms with Crippen LogP contribution >= 0.6 is 0 Å². The molecule has 3 fully saturated rings. The minimum atomic E-state index is -4.99. The summed E-state index contributed by atoms with van der Waals surface area (Å²) in [5.41, 5.74) is -3.60. The van der Waals surface area contributed by atoms with Gasteiger partial charge in [0.25, 0.3) is 5.91 Å². The molecule has 272 valence electrons. The normalized spacial score (nSPS) is 24.9. The molecule has 50 heavy (non-hydrogen) atoms. The van der Waals surface area contributed by atoms with E-state index in [-0.39, 0.29) is 42.6 Å². The summed E-state index contributed by atoms with van der Waals surface area (Å²) >= 11 is 0. The number of halogens is 6. The first kappa shape index (κ1) is 37.1. The number of carbonyl (C=O) groups excluding carboxylic acids is 4. The number of alkyl halides is 6. The molecule has 3 atom stereocenters. The van der Waals surface area contributed by atoms with Crippen molar-refractivity contribution in [3.8, 4) is 0 Å². The van der Waals surface area contributed by atoms with Gasteiger partial charge in [-0.1, -0.05) is 30.3 Å². The number of nitrogens with zero attached hydrogens (tertiary/aromatic N) is 2. The third-order valence-electron chi connectivity index (χ3n) is 9.61. The van der Waals surface area contributed by atoms with Crippen molar-refractivity contribution in [2.75, 3.05) is 19.6 Å². The van der Waals surface area contributed by atoms with Gasteiger partial charge in [0.2, 0.25) is 11.8 Å². The van der Waals surface area contributed by atoms with Crippen molar-refractivity contribution in [2.45, 2.75) is 95.0 Å². The van der Waals surface area contributed by atoms with E-state index in [1.807, 2.05) is 18.2 Å². The maximum absolute atomic E-state index is 13.7. The highest BCUT2D eigenvalue weighted by molar-refractivity contribution is 6.04. The Morgan fingerprint density at radius 1 is 0.940 bits per heavy atom. The van der Waals surface area contributed by atoms with Crippen LogP contribution in [0.1, 0.15) is 87.2 Å². The number of nitrogens with one attached hydrogen (secondary N) is 1. The molecule has 0 spiro atoms. The molecule has 2 aromatic rings. The SMILES string of the molecule is C[C@@H](O[C@H]1CCN(C(=O)[C@H]2CC[C@H](NC(=O)CN3C(=O)OC(C)(C)C3=O)CC2)C[C@H]1c1ccccc1)c1cc(C(F)(F)F)cc(C(F)(F)F)c1. The Balaban J connectivity index is 1.21. The van der Waals surface area contributed by atoms with Gasteiger partial charge in [0.15, 0.2) is 5.60 Å². The fourth-order valence-corrected chi connectivity index (χ4v) is 6.89. The molecule has 2 heterocycles. The van der Waals surface area contributed by atoms with Crippen molar-refractivity contribution >= 4 is 23.8 Å². The van der Waals surface area contributed by atoms with E-state index in [4.69, 9.17) is 9.47 Å². The van der Waals surface area contributed by atoms with Crippen molar-refractivity contribution in [2.24, 2.45) is 5.92 Å². The van der Waals surface area contributed by atoms with Crippen LogP contribution in [0.15, 0.2) is 48.5 Å². The second-order valence-electron chi connectivity index (χ2n) is 13.6. The second-order valence-corrected chi connectivity index (χ2v) is 13.6. The lowest BCUT2D eigenvalue weighted by molar-refractivity contribution is -0.143.